The predicted octanol–water partition coefficient (Wildman–Crippen LogP) is 4.14. The molecule has 0 aromatic heterocycles. The quantitative estimate of drug-likeness (QED) is 0.357. The van der Waals surface area contributed by atoms with E-state index in [1.807, 2.05) is 26.0 Å². The van der Waals surface area contributed by atoms with Crippen LogP contribution in [0.4, 0.5) is 5.69 Å². The molecule has 0 saturated heterocycles. The highest BCUT2D eigenvalue weighted by molar-refractivity contribution is 6.35. The minimum Gasteiger partial charge on any atom is -0.454 e. The van der Waals surface area contributed by atoms with Gasteiger partial charge in [-0.1, -0.05) is 48.0 Å². The van der Waals surface area contributed by atoms with Crippen molar-refractivity contribution in [1.29, 1.82) is 0 Å². The maximum absolute atomic E-state index is 13.0. The lowest BCUT2D eigenvalue weighted by Gasteiger charge is -2.16. The summed E-state index contributed by atoms with van der Waals surface area (Å²) in [6.07, 6.45) is 0. The van der Waals surface area contributed by atoms with Gasteiger partial charge in [0.2, 0.25) is 0 Å². The molecule has 6 nitrogen and oxygen atoms in total. The van der Waals surface area contributed by atoms with Gasteiger partial charge in [0.25, 0.3) is 11.8 Å². The topological polar surface area (TPSA) is 80.8 Å². The molecule has 0 radical (unpaired) electrons. The summed E-state index contributed by atoms with van der Waals surface area (Å²) in [5.74, 6) is -2.01. The highest BCUT2D eigenvalue weighted by Gasteiger charge is 2.37. The minimum atomic E-state index is -0.739. The summed E-state index contributed by atoms with van der Waals surface area (Å²) in [7, 11) is 0. The summed E-state index contributed by atoms with van der Waals surface area (Å²) in [6.45, 7) is 3.35. The monoisotopic (exact) mass is 413 g/mol. The molecule has 0 bridgehead atoms. The SMILES string of the molecule is Cc1ccc(N2C(=O)c3ccc(C(=O)OCC(=O)c4ccccc4)cc3C2=O)c(C)c1. The Kier molecular flexibility index (Phi) is 5.21. The predicted molar refractivity (Wildman–Crippen MR) is 115 cm³/mol. The van der Waals surface area contributed by atoms with Gasteiger partial charge in [0.05, 0.1) is 22.4 Å². The summed E-state index contributed by atoms with van der Waals surface area (Å²) in [4.78, 5) is 51.5. The van der Waals surface area contributed by atoms with E-state index >= 15 is 0 Å². The second-order valence-electron chi connectivity index (χ2n) is 7.36. The van der Waals surface area contributed by atoms with Crippen molar-refractivity contribution >= 4 is 29.3 Å². The first-order valence-electron chi connectivity index (χ1n) is 9.72. The lowest BCUT2D eigenvalue weighted by Crippen LogP contribution is -2.30. The number of nitrogens with zero attached hydrogens (tertiary/aromatic N) is 1. The van der Waals surface area contributed by atoms with Gasteiger partial charge in [-0.15, -0.1) is 0 Å². The van der Waals surface area contributed by atoms with Gasteiger partial charge in [0.15, 0.2) is 12.4 Å². The van der Waals surface area contributed by atoms with E-state index < -0.39 is 24.4 Å². The molecule has 3 aromatic rings. The molecule has 0 unspecified atom stereocenters. The third kappa shape index (κ3) is 3.75. The molecule has 0 spiro atoms. The second kappa shape index (κ2) is 7.99. The van der Waals surface area contributed by atoms with Crippen LogP contribution in [-0.4, -0.2) is 30.2 Å². The molecular formula is C25H19NO5. The Morgan fingerprint density at radius 1 is 0.806 bits per heavy atom. The first kappa shape index (κ1) is 20.2. The average Bonchev–Trinajstić information content (AvgIpc) is 3.02. The number of imide groups is 1. The molecule has 1 aliphatic rings. The Morgan fingerprint density at radius 2 is 1.52 bits per heavy atom. The number of aryl methyl sites for hydroxylation is 2. The van der Waals surface area contributed by atoms with Crippen molar-refractivity contribution in [3.05, 3.63) is 100 Å². The van der Waals surface area contributed by atoms with Crippen LogP contribution in [-0.2, 0) is 4.74 Å². The normalized spacial score (nSPS) is 12.6. The van der Waals surface area contributed by atoms with Gasteiger partial charge in [-0.25, -0.2) is 9.69 Å². The van der Waals surface area contributed by atoms with Gasteiger partial charge >= 0.3 is 5.97 Å². The highest BCUT2D eigenvalue weighted by Crippen LogP contribution is 2.31. The standard InChI is InChI=1S/C25H19NO5/c1-15-8-11-21(16(2)12-15)26-23(28)19-10-9-18(13-20(19)24(26)29)25(30)31-14-22(27)17-6-4-3-5-7-17/h3-13H,14H2,1-2H3. The molecule has 2 amide bonds. The smallest absolute Gasteiger partial charge is 0.338 e. The molecule has 0 atom stereocenters. The number of Topliss-reactive ketones (excluding diaryl/α,β-unsaturated/α-hetero) is 1. The van der Waals surface area contributed by atoms with Gasteiger partial charge in [-0.2, -0.15) is 0 Å². The lowest BCUT2D eigenvalue weighted by molar-refractivity contribution is 0.0474. The molecule has 0 saturated carbocycles. The lowest BCUT2D eigenvalue weighted by atomic mass is 10.1. The molecule has 6 heteroatoms. The molecule has 0 fully saturated rings. The Labute approximate surface area is 179 Å². The largest absolute Gasteiger partial charge is 0.454 e. The Morgan fingerprint density at radius 3 is 2.23 bits per heavy atom. The van der Waals surface area contributed by atoms with Crippen molar-refractivity contribution in [3.8, 4) is 0 Å². The van der Waals surface area contributed by atoms with Crippen molar-refractivity contribution in [2.24, 2.45) is 0 Å². The van der Waals surface area contributed by atoms with Crippen molar-refractivity contribution in [3.63, 3.8) is 0 Å². The number of ether oxygens (including phenoxy) is 1. The molecule has 0 aliphatic carbocycles. The average molecular weight is 413 g/mol. The molecule has 31 heavy (non-hydrogen) atoms. The summed E-state index contributed by atoms with van der Waals surface area (Å²) < 4.78 is 5.11. The van der Waals surface area contributed by atoms with E-state index in [-0.39, 0.29) is 22.5 Å². The first-order valence-corrected chi connectivity index (χ1v) is 9.72. The third-order valence-corrected chi connectivity index (χ3v) is 5.15. The van der Waals surface area contributed by atoms with Gasteiger partial charge in [0.1, 0.15) is 0 Å². The number of amides is 2. The van der Waals surface area contributed by atoms with Crippen LogP contribution in [0.5, 0.6) is 0 Å². The van der Waals surface area contributed by atoms with Crippen LogP contribution in [0.2, 0.25) is 0 Å². The first-order chi connectivity index (χ1) is 14.9. The van der Waals surface area contributed by atoms with Gasteiger partial charge in [0, 0.05) is 5.56 Å². The summed E-state index contributed by atoms with van der Waals surface area (Å²) in [5, 5.41) is 0. The van der Waals surface area contributed by atoms with E-state index in [2.05, 4.69) is 0 Å². The molecule has 1 heterocycles. The Hall–Kier alpha value is -4.06. The van der Waals surface area contributed by atoms with E-state index in [1.54, 1.807) is 36.4 Å². The minimum absolute atomic E-state index is 0.100. The molecular weight excluding hydrogens is 394 g/mol. The van der Waals surface area contributed by atoms with Crippen LogP contribution in [0.15, 0.2) is 66.7 Å². The van der Waals surface area contributed by atoms with Crippen LogP contribution in [0, 0.1) is 13.8 Å². The maximum Gasteiger partial charge on any atom is 0.338 e. The summed E-state index contributed by atoms with van der Waals surface area (Å²) in [5.41, 5.74) is 3.23. The number of ketones is 1. The van der Waals surface area contributed by atoms with Crippen LogP contribution in [0.25, 0.3) is 0 Å². The fourth-order valence-corrected chi connectivity index (χ4v) is 3.56. The van der Waals surface area contributed by atoms with E-state index in [4.69, 9.17) is 4.74 Å². The zero-order chi connectivity index (χ0) is 22.1. The number of carbonyl (C=O) groups is 4. The number of carbonyl (C=O) groups excluding carboxylic acids is 4. The maximum atomic E-state index is 13.0. The fraction of sp³-hybridized carbons (Fsp3) is 0.120. The highest BCUT2D eigenvalue weighted by atomic mass is 16.5. The Bertz CT molecular complexity index is 1230. The number of fused-ring (bicyclic) bond motifs is 1. The van der Waals surface area contributed by atoms with Crippen LogP contribution < -0.4 is 4.90 Å². The molecule has 4 rings (SSSR count). The van der Waals surface area contributed by atoms with Crippen LogP contribution in [0.3, 0.4) is 0 Å². The van der Waals surface area contributed by atoms with Crippen molar-refractivity contribution in [2.45, 2.75) is 13.8 Å². The zero-order valence-corrected chi connectivity index (χ0v) is 17.0. The van der Waals surface area contributed by atoms with Crippen molar-refractivity contribution < 1.29 is 23.9 Å². The van der Waals surface area contributed by atoms with Gasteiger partial charge in [-0.3, -0.25) is 14.4 Å². The fourth-order valence-electron chi connectivity index (χ4n) is 3.56. The summed E-state index contributed by atoms with van der Waals surface area (Å²) >= 11 is 0. The number of benzene rings is 3. The Balaban J connectivity index is 1.54. The van der Waals surface area contributed by atoms with E-state index in [0.717, 1.165) is 16.0 Å². The number of anilines is 1. The van der Waals surface area contributed by atoms with Gasteiger partial charge < -0.3 is 4.74 Å². The van der Waals surface area contributed by atoms with Crippen LogP contribution in [0.1, 0.15) is 52.6 Å². The molecule has 3 aromatic carbocycles. The van der Waals surface area contributed by atoms with Crippen LogP contribution >= 0.6 is 0 Å². The molecule has 0 N–H and O–H groups in total. The third-order valence-electron chi connectivity index (χ3n) is 5.15. The molecule has 154 valence electrons. The second-order valence-corrected chi connectivity index (χ2v) is 7.36. The number of rotatable bonds is 5. The van der Waals surface area contributed by atoms with E-state index in [1.165, 1.54) is 18.2 Å². The summed E-state index contributed by atoms with van der Waals surface area (Å²) in [6, 6.07) is 18.2. The number of esters is 1. The van der Waals surface area contributed by atoms with E-state index in [0.29, 0.717) is 11.3 Å². The number of hydrogen-bond acceptors (Lipinski definition) is 5. The van der Waals surface area contributed by atoms with Crippen molar-refractivity contribution in [2.75, 3.05) is 11.5 Å². The zero-order valence-electron chi connectivity index (χ0n) is 17.0. The van der Waals surface area contributed by atoms with Gasteiger partial charge in [-0.05, 0) is 43.7 Å². The molecule has 1 aliphatic heterocycles. The van der Waals surface area contributed by atoms with Crippen molar-refractivity contribution in [1.82, 2.24) is 0 Å². The number of hydrogen-bond donors (Lipinski definition) is 0. The van der Waals surface area contributed by atoms with E-state index in [9.17, 15) is 19.2 Å².